The van der Waals surface area contributed by atoms with Crippen molar-refractivity contribution in [3.63, 3.8) is 0 Å². The summed E-state index contributed by atoms with van der Waals surface area (Å²) in [6.07, 6.45) is 5.54. The van der Waals surface area contributed by atoms with Gasteiger partial charge in [-0.15, -0.1) is 0 Å². The van der Waals surface area contributed by atoms with Crippen LogP contribution < -0.4 is 5.32 Å². The predicted octanol–water partition coefficient (Wildman–Crippen LogP) is 0.764. The average molecular weight is 211 g/mol. The van der Waals surface area contributed by atoms with E-state index in [0.29, 0.717) is 0 Å². The van der Waals surface area contributed by atoms with Gasteiger partial charge < -0.3 is 10.2 Å². The quantitative estimate of drug-likeness (QED) is 0.741. The van der Waals surface area contributed by atoms with Gasteiger partial charge in [-0.25, -0.2) is 0 Å². The van der Waals surface area contributed by atoms with Crippen LogP contribution in [0.15, 0.2) is 0 Å². The van der Waals surface area contributed by atoms with Crippen LogP contribution in [0.5, 0.6) is 0 Å². The number of likely N-dealkylation sites (N-methyl/N-ethyl adjacent to an activating group) is 1. The van der Waals surface area contributed by atoms with Gasteiger partial charge in [-0.05, 0) is 59.4 Å². The Balaban J connectivity index is 1.91. The molecular weight excluding hydrogens is 186 g/mol. The molecule has 2 fully saturated rings. The molecule has 0 aromatic heterocycles. The lowest BCUT2D eigenvalue weighted by molar-refractivity contribution is 0.170. The van der Waals surface area contributed by atoms with Crippen LogP contribution in [-0.2, 0) is 0 Å². The average Bonchev–Trinajstić information content (AvgIpc) is 3.01. The minimum atomic E-state index is 0.789. The smallest absolute Gasteiger partial charge is 0.0238 e. The Labute approximate surface area is 93.8 Å². The first-order valence-electron chi connectivity index (χ1n) is 6.40. The van der Waals surface area contributed by atoms with Crippen LogP contribution in [0.1, 0.15) is 25.7 Å². The van der Waals surface area contributed by atoms with Crippen molar-refractivity contribution in [2.45, 2.75) is 37.8 Å². The minimum Gasteiger partial charge on any atom is -0.320 e. The Morgan fingerprint density at radius 2 is 2.07 bits per heavy atom. The van der Waals surface area contributed by atoms with Gasteiger partial charge in [0.25, 0.3) is 0 Å². The van der Waals surface area contributed by atoms with Crippen LogP contribution >= 0.6 is 0 Å². The number of hydrogen-bond donors (Lipinski definition) is 1. The molecule has 1 heterocycles. The largest absolute Gasteiger partial charge is 0.320 e. The van der Waals surface area contributed by atoms with Crippen LogP contribution in [0.4, 0.5) is 0 Å². The summed E-state index contributed by atoms with van der Waals surface area (Å²) in [6, 6.07) is 1.72. The van der Waals surface area contributed by atoms with Crippen molar-refractivity contribution >= 4 is 0 Å². The highest BCUT2D eigenvalue weighted by Gasteiger charge is 2.34. The van der Waals surface area contributed by atoms with E-state index >= 15 is 0 Å². The standard InChI is InChI=1S/C12H25N3/c1-13-7-6-12-10-14(2)8-3-9-15(12)11-4-5-11/h11-13H,3-10H2,1-2H3. The van der Waals surface area contributed by atoms with Crippen LogP contribution in [0.2, 0.25) is 0 Å². The molecule has 1 N–H and O–H groups in total. The molecule has 3 heteroatoms. The molecule has 2 aliphatic rings. The zero-order valence-electron chi connectivity index (χ0n) is 10.2. The van der Waals surface area contributed by atoms with Gasteiger partial charge in [-0.3, -0.25) is 4.90 Å². The lowest BCUT2D eigenvalue weighted by atomic mass is 10.1. The molecule has 1 aliphatic carbocycles. The highest BCUT2D eigenvalue weighted by Crippen LogP contribution is 2.30. The maximum Gasteiger partial charge on any atom is 0.0238 e. The summed E-state index contributed by atoms with van der Waals surface area (Å²) in [6.45, 7) is 5.02. The van der Waals surface area contributed by atoms with Gasteiger partial charge >= 0.3 is 0 Å². The molecule has 0 bridgehead atoms. The number of rotatable bonds is 4. The SMILES string of the molecule is CNCCC1CN(C)CCCN1C1CC1. The maximum atomic E-state index is 3.28. The van der Waals surface area contributed by atoms with Gasteiger partial charge in [-0.2, -0.15) is 0 Å². The summed E-state index contributed by atoms with van der Waals surface area (Å²) in [5, 5.41) is 3.28. The monoisotopic (exact) mass is 211 g/mol. The zero-order valence-corrected chi connectivity index (χ0v) is 10.2. The second kappa shape index (κ2) is 5.28. The Morgan fingerprint density at radius 3 is 2.73 bits per heavy atom. The number of hydrogen-bond acceptors (Lipinski definition) is 3. The third-order valence-electron chi connectivity index (χ3n) is 3.69. The number of nitrogens with one attached hydrogen (secondary N) is 1. The zero-order chi connectivity index (χ0) is 10.7. The molecule has 0 radical (unpaired) electrons. The van der Waals surface area contributed by atoms with Crippen molar-refractivity contribution in [2.24, 2.45) is 0 Å². The van der Waals surface area contributed by atoms with Crippen molar-refractivity contribution in [1.82, 2.24) is 15.1 Å². The highest BCUT2D eigenvalue weighted by atomic mass is 15.3. The molecule has 1 saturated carbocycles. The molecule has 1 saturated heterocycles. The van der Waals surface area contributed by atoms with E-state index in [1.54, 1.807) is 0 Å². The summed E-state index contributed by atoms with van der Waals surface area (Å²) < 4.78 is 0. The van der Waals surface area contributed by atoms with Gasteiger partial charge in [0.05, 0.1) is 0 Å². The molecule has 0 aromatic carbocycles. The number of nitrogens with zero attached hydrogens (tertiary/aromatic N) is 2. The van der Waals surface area contributed by atoms with Crippen LogP contribution in [-0.4, -0.2) is 62.2 Å². The van der Waals surface area contributed by atoms with Gasteiger partial charge in [0.2, 0.25) is 0 Å². The summed E-state index contributed by atoms with van der Waals surface area (Å²) in [4.78, 5) is 5.28. The second-order valence-electron chi connectivity index (χ2n) is 5.13. The minimum absolute atomic E-state index is 0.789. The third kappa shape index (κ3) is 3.16. The lowest BCUT2D eigenvalue weighted by Gasteiger charge is -2.31. The Morgan fingerprint density at radius 1 is 1.27 bits per heavy atom. The maximum absolute atomic E-state index is 3.28. The van der Waals surface area contributed by atoms with E-state index in [2.05, 4.69) is 29.2 Å². The second-order valence-corrected chi connectivity index (χ2v) is 5.13. The predicted molar refractivity (Wildman–Crippen MR) is 64.2 cm³/mol. The van der Waals surface area contributed by atoms with Crippen molar-refractivity contribution in [3.05, 3.63) is 0 Å². The first-order valence-corrected chi connectivity index (χ1v) is 6.40. The van der Waals surface area contributed by atoms with Crippen molar-refractivity contribution in [1.29, 1.82) is 0 Å². The molecular formula is C12H25N3. The first kappa shape index (κ1) is 11.4. The van der Waals surface area contributed by atoms with Gasteiger partial charge in [0, 0.05) is 18.6 Å². The molecule has 1 unspecified atom stereocenters. The van der Waals surface area contributed by atoms with E-state index in [-0.39, 0.29) is 0 Å². The molecule has 88 valence electrons. The van der Waals surface area contributed by atoms with E-state index in [1.165, 1.54) is 45.3 Å². The van der Waals surface area contributed by atoms with Crippen LogP contribution in [0.3, 0.4) is 0 Å². The molecule has 1 atom stereocenters. The van der Waals surface area contributed by atoms with Gasteiger partial charge in [-0.1, -0.05) is 0 Å². The summed E-state index contributed by atoms with van der Waals surface area (Å²) in [5.74, 6) is 0. The van der Waals surface area contributed by atoms with E-state index in [9.17, 15) is 0 Å². The van der Waals surface area contributed by atoms with E-state index < -0.39 is 0 Å². The Hall–Kier alpha value is -0.120. The topological polar surface area (TPSA) is 18.5 Å². The molecule has 0 aromatic rings. The van der Waals surface area contributed by atoms with E-state index in [0.717, 1.165) is 18.6 Å². The summed E-state index contributed by atoms with van der Waals surface area (Å²) in [7, 11) is 4.32. The van der Waals surface area contributed by atoms with Crippen LogP contribution in [0, 0.1) is 0 Å². The molecule has 2 rings (SSSR count). The Kier molecular flexibility index (Phi) is 4.00. The van der Waals surface area contributed by atoms with Crippen LogP contribution in [0.25, 0.3) is 0 Å². The first-order chi connectivity index (χ1) is 7.31. The summed E-state index contributed by atoms with van der Waals surface area (Å²) in [5.41, 5.74) is 0. The fourth-order valence-electron chi connectivity index (χ4n) is 2.72. The highest BCUT2D eigenvalue weighted by molar-refractivity contribution is 4.91. The molecule has 3 nitrogen and oxygen atoms in total. The lowest BCUT2D eigenvalue weighted by Crippen LogP contribution is -2.42. The van der Waals surface area contributed by atoms with Crippen molar-refractivity contribution in [3.8, 4) is 0 Å². The third-order valence-corrected chi connectivity index (χ3v) is 3.69. The Bertz CT molecular complexity index is 191. The molecule has 15 heavy (non-hydrogen) atoms. The normalized spacial score (nSPS) is 30.4. The molecule has 0 amide bonds. The van der Waals surface area contributed by atoms with Gasteiger partial charge in [0.15, 0.2) is 0 Å². The fraction of sp³-hybridized carbons (Fsp3) is 1.00. The molecule has 0 spiro atoms. The molecule has 1 aliphatic heterocycles. The van der Waals surface area contributed by atoms with E-state index in [1.807, 2.05) is 0 Å². The summed E-state index contributed by atoms with van der Waals surface area (Å²) >= 11 is 0. The van der Waals surface area contributed by atoms with Crippen molar-refractivity contribution in [2.75, 3.05) is 40.3 Å². The van der Waals surface area contributed by atoms with E-state index in [4.69, 9.17) is 0 Å². The van der Waals surface area contributed by atoms with Crippen molar-refractivity contribution < 1.29 is 0 Å². The fourth-order valence-corrected chi connectivity index (χ4v) is 2.72. The van der Waals surface area contributed by atoms with Gasteiger partial charge in [0.1, 0.15) is 0 Å².